The molecule has 5 rings (SSSR count). The quantitative estimate of drug-likeness (QED) is 0.305. The second-order valence-electron chi connectivity index (χ2n) is 9.50. The molecule has 13 heteroatoms. The topological polar surface area (TPSA) is 110 Å². The van der Waals surface area contributed by atoms with E-state index in [0.29, 0.717) is 68.8 Å². The number of carbonyl (C=O) groups excluding carboxylic acids is 1. The van der Waals surface area contributed by atoms with Gasteiger partial charge in [0.25, 0.3) is 0 Å². The van der Waals surface area contributed by atoms with Crippen LogP contribution in [0.1, 0.15) is 18.7 Å². The van der Waals surface area contributed by atoms with Crippen LogP contribution < -0.4 is 14.8 Å². The van der Waals surface area contributed by atoms with Crippen LogP contribution in [0.4, 0.5) is 5.95 Å². The average Bonchev–Trinajstić information content (AvgIpc) is 3.43. The van der Waals surface area contributed by atoms with Crippen molar-refractivity contribution in [3.63, 3.8) is 0 Å². The van der Waals surface area contributed by atoms with Gasteiger partial charge < -0.3 is 19.7 Å². The first-order valence-electron chi connectivity index (χ1n) is 12.8. The molecule has 4 heterocycles. The third-order valence-corrected chi connectivity index (χ3v) is 7.81. The van der Waals surface area contributed by atoms with E-state index in [-0.39, 0.29) is 11.8 Å². The first-order valence-corrected chi connectivity index (χ1v) is 13.5. The molecule has 1 fully saturated rings. The van der Waals surface area contributed by atoms with Crippen molar-refractivity contribution in [3.05, 3.63) is 46.9 Å². The summed E-state index contributed by atoms with van der Waals surface area (Å²) in [4.78, 5) is 30.1. The van der Waals surface area contributed by atoms with Crippen molar-refractivity contribution in [1.82, 2.24) is 34.4 Å². The van der Waals surface area contributed by atoms with E-state index >= 15 is 0 Å². The van der Waals surface area contributed by atoms with Crippen molar-refractivity contribution in [2.75, 3.05) is 59.3 Å². The fourth-order valence-corrected chi connectivity index (χ4v) is 5.61. The van der Waals surface area contributed by atoms with Gasteiger partial charge in [-0.15, -0.1) is 5.10 Å². The first-order chi connectivity index (χ1) is 19.3. The van der Waals surface area contributed by atoms with Crippen molar-refractivity contribution in [3.8, 4) is 22.6 Å². The summed E-state index contributed by atoms with van der Waals surface area (Å²) < 4.78 is 12.7. The minimum atomic E-state index is -0.0384. The van der Waals surface area contributed by atoms with E-state index in [1.807, 2.05) is 11.0 Å². The largest absolute Gasteiger partial charge is 0.495 e. The van der Waals surface area contributed by atoms with Gasteiger partial charge >= 0.3 is 0 Å². The summed E-state index contributed by atoms with van der Waals surface area (Å²) in [6.45, 7) is 9.24. The summed E-state index contributed by atoms with van der Waals surface area (Å²) in [5, 5.41) is 9.26. The maximum atomic E-state index is 12.0. The Morgan fingerprint density at radius 3 is 2.38 bits per heavy atom. The summed E-state index contributed by atoms with van der Waals surface area (Å²) >= 11 is 13.6. The average molecular weight is 585 g/mol. The van der Waals surface area contributed by atoms with E-state index in [1.165, 1.54) is 20.3 Å². The molecular formula is C27H30Cl2N8O3. The van der Waals surface area contributed by atoms with E-state index in [4.69, 9.17) is 42.8 Å². The Hall–Kier alpha value is -3.67. The highest BCUT2D eigenvalue weighted by atomic mass is 35.5. The predicted octanol–water partition coefficient (Wildman–Crippen LogP) is 4.14. The predicted molar refractivity (Wildman–Crippen MR) is 156 cm³/mol. The summed E-state index contributed by atoms with van der Waals surface area (Å²) in [5.41, 5.74) is 2.28. The minimum absolute atomic E-state index is 0.0131. The monoisotopic (exact) mass is 584 g/mol. The van der Waals surface area contributed by atoms with E-state index in [0.717, 1.165) is 25.0 Å². The lowest BCUT2D eigenvalue weighted by molar-refractivity contribution is -0.127. The highest BCUT2D eigenvalue weighted by Gasteiger charge is 2.26. The maximum absolute atomic E-state index is 12.0. The first kappa shape index (κ1) is 27.9. The van der Waals surface area contributed by atoms with Crippen LogP contribution in [0.15, 0.2) is 31.0 Å². The number of benzene rings is 1. The number of halogens is 2. The highest BCUT2D eigenvalue weighted by Crippen LogP contribution is 2.47. The number of nitrogens with one attached hydrogen (secondary N) is 1. The Kier molecular flexibility index (Phi) is 7.97. The van der Waals surface area contributed by atoms with Gasteiger partial charge in [-0.25, -0.2) is 9.97 Å². The number of hydrogen-bond donors (Lipinski definition) is 1. The zero-order valence-electron chi connectivity index (χ0n) is 22.7. The van der Waals surface area contributed by atoms with Crippen LogP contribution in [0.5, 0.6) is 11.5 Å². The van der Waals surface area contributed by atoms with Gasteiger partial charge in [-0.05, 0) is 12.1 Å². The fraction of sp³-hybridized carbons (Fsp3) is 0.370. The van der Waals surface area contributed by atoms with Crippen LogP contribution >= 0.6 is 23.2 Å². The van der Waals surface area contributed by atoms with Gasteiger partial charge in [0, 0.05) is 74.5 Å². The Morgan fingerprint density at radius 2 is 1.77 bits per heavy atom. The zero-order valence-corrected chi connectivity index (χ0v) is 24.3. The van der Waals surface area contributed by atoms with E-state index in [9.17, 15) is 4.79 Å². The lowest BCUT2D eigenvalue weighted by Gasteiger charge is -2.35. The number of carbonyl (C=O) groups is 1. The van der Waals surface area contributed by atoms with Crippen LogP contribution in [0.2, 0.25) is 10.0 Å². The Morgan fingerprint density at radius 1 is 1.10 bits per heavy atom. The molecule has 1 aromatic carbocycles. The number of aromatic nitrogens is 5. The molecule has 1 saturated heterocycles. The second kappa shape index (κ2) is 11.4. The number of pyridine rings is 1. The summed E-state index contributed by atoms with van der Waals surface area (Å²) in [6, 6.07) is 3.55. The molecule has 4 aromatic rings. The molecule has 3 aromatic heterocycles. The molecule has 1 atom stereocenters. The number of methoxy groups -OCH3 is 2. The normalized spacial score (nSPS) is 14.9. The molecule has 0 radical (unpaired) electrons. The van der Waals surface area contributed by atoms with Gasteiger partial charge in [0.1, 0.15) is 11.5 Å². The zero-order chi connectivity index (χ0) is 28.6. The summed E-state index contributed by atoms with van der Waals surface area (Å²) in [5.74, 6) is 1.88. The SMILES string of the molecule is C=CC(=O)N1CCN(CC(C)c2nc3c(-c4c(Cl)c(OC)cc(OC)c4Cl)cc4cnc(NC)nc4n3n2)CC1. The summed E-state index contributed by atoms with van der Waals surface area (Å²) in [7, 11) is 4.82. The molecule has 1 unspecified atom stereocenters. The number of hydrogen-bond acceptors (Lipinski definition) is 9. The number of nitrogens with zero attached hydrogens (tertiary/aromatic N) is 7. The summed E-state index contributed by atoms with van der Waals surface area (Å²) in [6.07, 6.45) is 3.07. The second-order valence-corrected chi connectivity index (χ2v) is 10.3. The molecule has 1 aliphatic heterocycles. The minimum Gasteiger partial charge on any atom is -0.495 e. The molecule has 40 heavy (non-hydrogen) atoms. The number of amides is 1. The number of fused-ring (bicyclic) bond motifs is 3. The molecule has 11 nitrogen and oxygen atoms in total. The van der Waals surface area contributed by atoms with E-state index < -0.39 is 0 Å². The van der Waals surface area contributed by atoms with Crippen LogP contribution in [0, 0.1) is 0 Å². The van der Waals surface area contributed by atoms with Crippen molar-refractivity contribution < 1.29 is 14.3 Å². The Labute approximate surface area is 241 Å². The van der Waals surface area contributed by atoms with Crippen LogP contribution in [0.25, 0.3) is 27.8 Å². The maximum Gasteiger partial charge on any atom is 0.246 e. The molecule has 210 valence electrons. The molecule has 0 bridgehead atoms. The van der Waals surface area contributed by atoms with E-state index in [2.05, 4.69) is 33.7 Å². The standard InChI is InChI=1S/C27H30Cl2N8O3/c1-6-20(38)36-9-7-35(8-10-36)14-15(2)24-32-26-17(21-22(28)18(39-4)12-19(40-5)23(21)29)11-16-13-31-27(30-3)33-25(16)37(26)34-24/h6,11-13,15H,1,7-10,14H2,2-5H3,(H,30,31,33). The molecule has 0 saturated carbocycles. The van der Waals surface area contributed by atoms with Crippen molar-refractivity contribution in [2.45, 2.75) is 12.8 Å². The third kappa shape index (κ3) is 5.00. The lowest BCUT2D eigenvalue weighted by atomic mass is 10.0. The molecule has 0 aliphatic carbocycles. The van der Waals surface area contributed by atoms with Gasteiger partial charge in [0.05, 0.1) is 24.3 Å². The van der Waals surface area contributed by atoms with Crippen molar-refractivity contribution >= 4 is 51.7 Å². The van der Waals surface area contributed by atoms with Crippen LogP contribution in [0.3, 0.4) is 0 Å². The molecule has 0 spiro atoms. The van der Waals surface area contributed by atoms with Gasteiger partial charge in [-0.2, -0.15) is 9.50 Å². The van der Waals surface area contributed by atoms with Crippen molar-refractivity contribution in [1.29, 1.82) is 0 Å². The van der Waals surface area contributed by atoms with E-state index in [1.54, 1.807) is 23.8 Å². The Bertz CT molecular complexity index is 1570. The van der Waals surface area contributed by atoms with Gasteiger partial charge in [0.15, 0.2) is 17.1 Å². The number of piperazine rings is 1. The Balaban J connectivity index is 1.61. The van der Waals surface area contributed by atoms with Crippen LogP contribution in [-0.4, -0.2) is 94.3 Å². The molecule has 1 N–H and O–H groups in total. The highest BCUT2D eigenvalue weighted by molar-refractivity contribution is 6.41. The molecular weight excluding hydrogens is 555 g/mol. The lowest BCUT2D eigenvalue weighted by Crippen LogP contribution is -2.49. The molecule has 1 amide bonds. The third-order valence-electron chi connectivity index (χ3n) is 7.06. The van der Waals surface area contributed by atoms with Gasteiger partial charge in [-0.3, -0.25) is 9.69 Å². The van der Waals surface area contributed by atoms with Gasteiger partial charge in [-0.1, -0.05) is 36.7 Å². The number of anilines is 1. The van der Waals surface area contributed by atoms with Crippen LogP contribution in [-0.2, 0) is 4.79 Å². The fourth-order valence-electron chi connectivity index (χ4n) is 4.91. The molecule has 1 aliphatic rings. The van der Waals surface area contributed by atoms with Gasteiger partial charge in [0.2, 0.25) is 11.9 Å². The number of rotatable bonds is 8. The van der Waals surface area contributed by atoms with Crippen molar-refractivity contribution in [2.24, 2.45) is 0 Å². The number of ether oxygens (including phenoxy) is 2. The smallest absolute Gasteiger partial charge is 0.246 e.